The highest BCUT2D eigenvalue weighted by molar-refractivity contribution is 6.04. The maximum absolute atomic E-state index is 12.1. The van der Waals surface area contributed by atoms with Gasteiger partial charge in [-0.05, 0) is 18.2 Å². The molecule has 2 amide bonds. The van der Waals surface area contributed by atoms with Gasteiger partial charge in [-0.2, -0.15) is 0 Å². The Morgan fingerprint density at radius 3 is 2.30 bits per heavy atom. The minimum Gasteiger partial charge on any atom is -0.496 e. The van der Waals surface area contributed by atoms with Gasteiger partial charge in [0.25, 0.3) is 0 Å². The predicted octanol–water partition coefficient (Wildman–Crippen LogP) is 1.65. The van der Waals surface area contributed by atoms with Crippen LogP contribution in [0.5, 0.6) is 5.75 Å². The van der Waals surface area contributed by atoms with Crippen LogP contribution in [0, 0.1) is 11.8 Å². The molecule has 1 saturated heterocycles. The minimum absolute atomic E-state index is 0.136. The number of likely N-dealkylation sites (tertiary alicyclic amines) is 1. The van der Waals surface area contributed by atoms with Crippen LogP contribution in [0.3, 0.4) is 0 Å². The quantitative estimate of drug-likeness (QED) is 0.619. The van der Waals surface area contributed by atoms with Gasteiger partial charge in [0.1, 0.15) is 12.0 Å². The van der Waals surface area contributed by atoms with Gasteiger partial charge < -0.3 is 4.74 Å². The molecule has 0 spiro atoms. The number of methoxy groups -OCH3 is 1. The minimum atomic E-state index is -0.303. The summed E-state index contributed by atoms with van der Waals surface area (Å²) < 4.78 is 5.21. The van der Waals surface area contributed by atoms with Crippen molar-refractivity contribution in [1.29, 1.82) is 0 Å². The summed E-state index contributed by atoms with van der Waals surface area (Å²) in [6.07, 6.45) is 0.724. The van der Waals surface area contributed by atoms with Crippen LogP contribution >= 0.6 is 0 Å². The molecule has 0 radical (unpaired) electrons. The molecule has 1 aliphatic rings. The number of hydrogen-bond acceptors (Lipinski definition) is 4. The van der Waals surface area contributed by atoms with Crippen LogP contribution in [-0.4, -0.2) is 30.1 Å². The lowest BCUT2D eigenvalue weighted by Gasteiger charge is -2.17. The van der Waals surface area contributed by atoms with Gasteiger partial charge in [-0.15, -0.1) is 0 Å². The van der Waals surface area contributed by atoms with Gasteiger partial charge >= 0.3 is 0 Å². The zero-order valence-electron chi connectivity index (χ0n) is 11.8. The lowest BCUT2D eigenvalue weighted by Crippen LogP contribution is -2.30. The number of benzene rings is 1. The van der Waals surface area contributed by atoms with Crippen molar-refractivity contribution >= 4 is 18.1 Å². The molecule has 5 heteroatoms. The van der Waals surface area contributed by atoms with Crippen molar-refractivity contribution in [3.63, 3.8) is 0 Å². The third-order valence-electron chi connectivity index (χ3n) is 3.83. The molecule has 20 heavy (non-hydrogen) atoms. The lowest BCUT2D eigenvalue weighted by atomic mass is 10.00. The summed E-state index contributed by atoms with van der Waals surface area (Å²) in [7, 11) is 1.51. The van der Waals surface area contributed by atoms with E-state index in [9.17, 15) is 14.4 Å². The average Bonchev–Trinajstić information content (AvgIpc) is 2.65. The van der Waals surface area contributed by atoms with Crippen LogP contribution < -0.4 is 4.74 Å². The van der Waals surface area contributed by atoms with Crippen molar-refractivity contribution in [3.05, 3.63) is 29.3 Å². The van der Waals surface area contributed by atoms with E-state index >= 15 is 0 Å². The Morgan fingerprint density at radius 1 is 1.20 bits per heavy atom. The van der Waals surface area contributed by atoms with E-state index in [0.29, 0.717) is 16.9 Å². The largest absolute Gasteiger partial charge is 0.496 e. The molecule has 1 aromatic rings. The number of amides is 2. The summed E-state index contributed by atoms with van der Waals surface area (Å²) in [4.78, 5) is 36.2. The molecule has 1 aromatic carbocycles. The van der Waals surface area contributed by atoms with Crippen molar-refractivity contribution in [2.24, 2.45) is 11.8 Å². The van der Waals surface area contributed by atoms with Gasteiger partial charge in [-0.3, -0.25) is 19.3 Å². The maximum atomic E-state index is 12.1. The zero-order valence-corrected chi connectivity index (χ0v) is 11.8. The van der Waals surface area contributed by atoms with E-state index < -0.39 is 0 Å². The third-order valence-corrected chi connectivity index (χ3v) is 3.83. The molecule has 1 fully saturated rings. The van der Waals surface area contributed by atoms with E-state index in [1.54, 1.807) is 32.0 Å². The van der Waals surface area contributed by atoms with E-state index in [1.807, 2.05) is 0 Å². The predicted molar refractivity (Wildman–Crippen MR) is 72.3 cm³/mol. The topological polar surface area (TPSA) is 63.7 Å². The van der Waals surface area contributed by atoms with E-state index in [2.05, 4.69) is 0 Å². The first kappa shape index (κ1) is 14.2. The van der Waals surface area contributed by atoms with Gasteiger partial charge in [0, 0.05) is 23.0 Å². The zero-order chi connectivity index (χ0) is 14.9. The van der Waals surface area contributed by atoms with Crippen molar-refractivity contribution < 1.29 is 19.1 Å². The fourth-order valence-electron chi connectivity index (χ4n) is 2.35. The van der Waals surface area contributed by atoms with Gasteiger partial charge in [0.2, 0.25) is 11.8 Å². The Hall–Kier alpha value is -2.17. The Bertz CT molecular complexity index is 547. The number of aldehydes is 1. The molecule has 0 aliphatic carbocycles. The summed E-state index contributed by atoms with van der Waals surface area (Å²) in [5, 5.41) is 0. The molecule has 106 valence electrons. The van der Waals surface area contributed by atoms with Crippen molar-refractivity contribution in [2.75, 3.05) is 7.11 Å². The van der Waals surface area contributed by atoms with Gasteiger partial charge in [0.15, 0.2) is 0 Å². The fraction of sp³-hybridized carbons (Fsp3) is 0.400. The number of carbonyl (C=O) groups excluding carboxylic acids is 3. The standard InChI is InChI=1S/C15H17NO4/c1-9-10(2)15(19)16(14(9)18)7-12-6-11(8-17)4-5-13(12)20-3/h4-6,8-10H,7H2,1-3H3. The molecule has 5 nitrogen and oxygen atoms in total. The van der Waals surface area contributed by atoms with E-state index in [4.69, 9.17) is 4.74 Å². The van der Waals surface area contributed by atoms with E-state index in [0.717, 1.165) is 6.29 Å². The monoisotopic (exact) mass is 275 g/mol. The highest BCUT2D eigenvalue weighted by atomic mass is 16.5. The molecular formula is C15H17NO4. The molecule has 0 bridgehead atoms. The first-order valence-electron chi connectivity index (χ1n) is 6.47. The first-order valence-corrected chi connectivity index (χ1v) is 6.47. The van der Waals surface area contributed by atoms with Crippen LogP contribution in [0.2, 0.25) is 0 Å². The molecule has 0 N–H and O–H groups in total. The van der Waals surface area contributed by atoms with Crippen molar-refractivity contribution in [2.45, 2.75) is 20.4 Å². The van der Waals surface area contributed by atoms with Gasteiger partial charge in [-0.25, -0.2) is 0 Å². The number of hydrogen-bond donors (Lipinski definition) is 0. The molecule has 2 rings (SSSR count). The average molecular weight is 275 g/mol. The van der Waals surface area contributed by atoms with Crippen LogP contribution in [-0.2, 0) is 16.1 Å². The fourth-order valence-corrected chi connectivity index (χ4v) is 2.35. The molecule has 0 saturated carbocycles. The number of imide groups is 1. The molecule has 0 aromatic heterocycles. The van der Waals surface area contributed by atoms with E-state index in [-0.39, 0.29) is 30.2 Å². The summed E-state index contributed by atoms with van der Waals surface area (Å²) in [5.41, 5.74) is 1.14. The van der Waals surface area contributed by atoms with Crippen molar-refractivity contribution in [3.8, 4) is 5.75 Å². The number of rotatable bonds is 4. The molecule has 2 atom stereocenters. The number of nitrogens with zero attached hydrogens (tertiary/aromatic N) is 1. The summed E-state index contributed by atoms with van der Waals surface area (Å²) in [6, 6.07) is 4.94. The summed E-state index contributed by atoms with van der Waals surface area (Å²) >= 11 is 0. The smallest absolute Gasteiger partial charge is 0.233 e. The summed E-state index contributed by atoms with van der Waals surface area (Å²) in [5.74, 6) is -0.406. The number of carbonyl (C=O) groups is 3. The first-order chi connectivity index (χ1) is 9.49. The van der Waals surface area contributed by atoms with Crippen LogP contribution in [0.4, 0.5) is 0 Å². The Labute approximate surface area is 117 Å². The van der Waals surface area contributed by atoms with Crippen LogP contribution in [0.25, 0.3) is 0 Å². The van der Waals surface area contributed by atoms with E-state index in [1.165, 1.54) is 12.0 Å². The van der Waals surface area contributed by atoms with Gasteiger partial charge in [0.05, 0.1) is 13.7 Å². The second-order valence-electron chi connectivity index (χ2n) is 5.03. The second-order valence-corrected chi connectivity index (χ2v) is 5.03. The van der Waals surface area contributed by atoms with Gasteiger partial charge in [-0.1, -0.05) is 13.8 Å². The van der Waals surface area contributed by atoms with Crippen LogP contribution in [0.15, 0.2) is 18.2 Å². The Morgan fingerprint density at radius 2 is 1.80 bits per heavy atom. The third kappa shape index (κ3) is 2.31. The SMILES string of the molecule is COc1ccc(C=O)cc1CN1C(=O)C(C)C(C)C1=O. The highest BCUT2D eigenvalue weighted by Crippen LogP contribution is 2.29. The molecule has 1 aliphatic heterocycles. The summed E-state index contributed by atoms with van der Waals surface area (Å²) in [6.45, 7) is 3.64. The second kappa shape index (κ2) is 5.45. The lowest BCUT2D eigenvalue weighted by molar-refractivity contribution is -0.140. The van der Waals surface area contributed by atoms with Crippen LogP contribution in [0.1, 0.15) is 29.8 Å². The maximum Gasteiger partial charge on any atom is 0.233 e. The molecule has 1 heterocycles. The van der Waals surface area contributed by atoms with Crippen molar-refractivity contribution in [1.82, 2.24) is 4.90 Å². The number of ether oxygens (including phenoxy) is 1. The highest BCUT2D eigenvalue weighted by Gasteiger charge is 2.42. The Balaban J connectivity index is 2.32. The Kier molecular flexibility index (Phi) is 3.88. The molecular weight excluding hydrogens is 258 g/mol. The molecule has 2 unspecified atom stereocenters. The normalized spacial score (nSPS) is 22.2.